The van der Waals surface area contributed by atoms with E-state index in [1.807, 2.05) is 19.1 Å². The Balaban J connectivity index is 2.08. The Bertz CT molecular complexity index is 1200. The van der Waals surface area contributed by atoms with Gasteiger partial charge in [-0.25, -0.2) is 4.99 Å². The molecule has 8 heteroatoms. The number of benzene rings is 3. The number of non-ortho nitro benzene ring substituents is 1. The Kier molecular flexibility index (Phi) is 4.16. The summed E-state index contributed by atoms with van der Waals surface area (Å²) in [4.78, 5) is 26.4. The lowest BCUT2D eigenvalue weighted by Crippen LogP contribution is -2.01. The maximum atomic E-state index is 11.6. The van der Waals surface area contributed by atoms with Crippen LogP contribution in [0, 0.1) is 27.2 Å². The highest BCUT2D eigenvalue weighted by Gasteiger charge is 2.34. The largest absolute Gasteiger partial charge is 0.284 e. The predicted molar refractivity (Wildman–Crippen MR) is 107 cm³/mol. The first-order chi connectivity index (χ1) is 13.3. The van der Waals surface area contributed by atoms with Crippen molar-refractivity contribution in [2.45, 2.75) is 6.92 Å². The highest BCUT2D eigenvalue weighted by molar-refractivity contribution is 6.31. The molecular weight excluding hydrogens is 382 g/mol. The van der Waals surface area contributed by atoms with E-state index in [1.165, 1.54) is 6.07 Å². The van der Waals surface area contributed by atoms with E-state index in [0.29, 0.717) is 38.7 Å². The molecule has 3 aromatic carbocycles. The van der Waals surface area contributed by atoms with Crippen LogP contribution >= 0.6 is 11.6 Å². The van der Waals surface area contributed by atoms with E-state index in [1.54, 1.807) is 30.3 Å². The second kappa shape index (κ2) is 6.54. The van der Waals surface area contributed by atoms with E-state index in [-0.39, 0.29) is 11.4 Å². The van der Waals surface area contributed by atoms with Crippen LogP contribution in [0.4, 0.5) is 17.1 Å². The number of hydrogen-bond donors (Lipinski definition) is 0. The normalized spacial score (nSPS) is 13.3. The van der Waals surface area contributed by atoms with Gasteiger partial charge in [0.2, 0.25) is 0 Å². The molecule has 28 heavy (non-hydrogen) atoms. The predicted octanol–water partition coefficient (Wildman–Crippen LogP) is 5.61. The van der Waals surface area contributed by atoms with Gasteiger partial charge in [0.15, 0.2) is 0 Å². The molecule has 0 atom stereocenters. The molecule has 4 rings (SSSR count). The lowest BCUT2D eigenvalue weighted by atomic mass is 10.0. The Hall–Kier alpha value is -3.58. The van der Waals surface area contributed by atoms with E-state index in [2.05, 4.69) is 4.99 Å². The number of nitro benzene ring substituents is 2. The topological polar surface area (TPSA) is 98.6 Å². The number of aliphatic imine (C=N–C) groups is 1. The molecule has 0 fully saturated rings. The molecule has 138 valence electrons. The number of nitrogens with zero attached hydrogens (tertiary/aromatic N) is 3. The molecule has 0 saturated carbocycles. The minimum Gasteiger partial charge on any atom is -0.258 e. The van der Waals surface area contributed by atoms with Crippen molar-refractivity contribution in [3.8, 4) is 11.1 Å². The summed E-state index contributed by atoms with van der Waals surface area (Å²) in [6.45, 7) is 1.90. The Labute approximate surface area is 164 Å². The van der Waals surface area contributed by atoms with Crippen molar-refractivity contribution < 1.29 is 9.85 Å². The summed E-state index contributed by atoms with van der Waals surface area (Å²) in [6, 6.07) is 14.7. The lowest BCUT2D eigenvalue weighted by molar-refractivity contribution is -0.393. The first-order valence-corrected chi connectivity index (χ1v) is 8.66. The van der Waals surface area contributed by atoms with Crippen molar-refractivity contribution in [3.05, 3.63) is 96.5 Å². The smallest absolute Gasteiger partial charge is 0.258 e. The van der Waals surface area contributed by atoms with E-state index in [4.69, 9.17) is 11.6 Å². The fourth-order valence-corrected chi connectivity index (χ4v) is 3.53. The van der Waals surface area contributed by atoms with Gasteiger partial charge in [0.25, 0.3) is 11.4 Å². The van der Waals surface area contributed by atoms with Gasteiger partial charge in [0.1, 0.15) is 0 Å². The lowest BCUT2D eigenvalue weighted by Gasteiger charge is -2.04. The van der Waals surface area contributed by atoms with Crippen LogP contribution in [0.5, 0.6) is 0 Å². The Morgan fingerprint density at radius 1 is 0.893 bits per heavy atom. The molecule has 0 aromatic heterocycles. The van der Waals surface area contributed by atoms with Gasteiger partial charge in [-0.15, -0.1) is 0 Å². The van der Waals surface area contributed by atoms with Crippen LogP contribution in [0.2, 0.25) is 5.02 Å². The summed E-state index contributed by atoms with van der Waals surface area (Å²) in [5.41, 5.74) is 3.30. The van der Waals surface area contributed by atoms with Gasteiger partial charge in [-0.3, -0.25) is 20.2 Å². The monoisotopic (exact) mass is 393 g/mol. The minimum absolute atomic E-state index is 0.314. The van der Waals surface area contributed by atoms with Gasteiger partial charge in [-0.1, -0.05) is 35.4 Å². The molecule has 7 nitrogen and oxygen atoms in total. The quantitative estimate of drug-likeness (QED) is 0.333. The summed E-state index contributed by atoms with van der Waals surface area (Å²) in [7, 11) is 0. The SMILES string of the molecule is Cc1ccc2c(c1)C(=Nc1cccc(Cl)c1)c1cc([N+](=O)[O-])cc([N+](=O)[O-])c1-2. The molecule has 0 aliphatic heterocycles. The molecule has 0 saturated heterocycles. The molecule has 0 bridgehead atoms. The maximum absolute atomic E-state index is 11.6. The van der Waals surface area contributed by atoms with Crippen molar-refractivity contribution in [1.29, 1.82) is 0 Å². The fourth-order valence-electron chi connectivity index (χ4n) is 3.34. The van der Waals surface area contributed by atoms with Gasteiger partial charge >= 0.3 is 0 Å². The van der Waals surface area contributed by atoms with Crippen molar-refractivity contribution in [1.82, 2.24) is 0 Å². The number of fused-ring (bicyclic) bond motifs is 3. The molecule has 0 spiro atoms. The van der Waals surface area contributed by atoms with E-state index >= 15 is 0 Å². The van der Waals surface area contributed by atoms with Crippen LogP contribution < -0.4 is 0 Å². The van der Waals surface area contributed by atoms with Crippen LogP contribution in [-0.2, 0) is 0 Å². The maximum Gasteiger partial charge on any atom is 0.284 e. The molecule has 0 amide bonds. The molecule has 0 N–H and O–H groups in total. The highest BCUT2D eigenvalue weighted by atomic mass is 35.5. The summed E-state index contributed by atoms with van der Waals surface area (Å²) in [5, 5.41) is 23.5. The minimum atomic E-state index is -0.640. The molecule has 1 aliphatic carbocycles. The van der Waals surface area contributed by atoms with E-state index < -0.39 is 9.85 Å². The van der Waals surface area contributed by atoms with Crippen LogP contribution in [0.25, 0.3) is 11.1 Å². The average Bonchev–Trinajstić information content (AvgIpc) is 2.94. The van der Waals surface area contributed by atoms with E-state index in [0.717, 1.165) is 11.6 Å². The number of aryl methyl sites for hydroxylation is 1. The fraction of sp³-hybridized carbons (Fsp3) is 0.0500. The van der Waals surface area contributed by atoms with Gasteiger partial charge in [0.05, 0.1) is 32.9 Å². The zero-order valence-electron chi connectivity index (χ0n) is 14.5. The summed E-state index contributed by atoms with van der Waals surface area (Å²) in [5.74, 6) is 0. The second-order valence-electron chi connectivity index (χ2n) is 6.39. The summed E-state index contributed by atoms with van der Waals surface area (Å²) < 4.78 is 0. The van der Waals surface area contributed by atoms with Crippen molar-refractivity contribution >= 4 is 34.4 Å². The number of rotatable bonds is 3. The summed E-state index contributed by atoms with van der Waals surface area (Å²) >= 11 is 6.04. The number of halogens is 1. The van der Waals surface area contributed by atoms with Crippen LogP contribution in [0.1, 0.15) is 16.7 Å². The molecule has 0 radical (unpaired) electrons. The highest BCUT2D eigenvalue weighted by Crippen LogP contribution is 2.45. The molecule has 0 unspecified atom stereocenters. The molecule has 3 aromatic rings. The van der Waals surface area contributed by atoms with Crippen LogP contribution in [-0.4, -0.2) is 15.6 Å². The molecule has 0 heterocycles. The molecule has 1 aliphatic rings. The zero-order chi connectivity index (χ0) is 20.0. The first-order valence-electron chi connectivity index (χ1n) is 8.28. The van der Waals surface area contributed by atoms with Crippen LogP contribution in [0.15, 0.2) is 59.6 Å². The Morgan fingerprint density at radius 2 is 1.68 bits per heavy atom. The number of nitro groups is 2. The first kappa shape index (κ1) is 17.8. The van der Waals surface area contributed by atoms with Crippen molar-refractivity contribution in [2.24, 2.45) is 4.99 Å². The van der Waals surface area contributed by atoms with Gasteiger partial charge in [-0.05, 0) is 36.8 Å². The third kappa shape index (κ3) is 2.91. The second-order valence-corrected chi connectivity index (χ2v) is 6.83. The van der Waals surface area contributed by atoms with E-state index in [9.17, 15) is 20.2 Å². The third-order valence-corrected chi connectivity index (χ3v) is 4.75. The van der Waals surface area contributed by atoms with Crippen molar-refractivity contribution in [3.63, 3.8) is 0 Å². The zero-order valence-corrected chi connectivity index (χ0v) is 15.3. The molecular formula is C20H12ClN3O4. The average molecular weight is 394 g/mol. The standard InChI is InChI=1S/C20H12ClN3O4/c1-11-5-6-15-16(7-11)20(22-13-4-2-3-12(21)8-13)17-9-14(23(25)26)10-18(19(15)17)24(27)28/h2-10H,1H3. The van der Waals surface area contributed by atoms with Gasteiger partial charge in [0, 0.05) is 22.2 Å². The van der Waals surface area contributed by atoms with Gasteiger partial charge in [-0.2, -0.15) is 0 Å². The summed E-state index contributed by atoms with van der Waals surface area (Å²) in [6.07, 6.45) is 0. The van der Waals surface area contributed by atoms with Crippen molar-refractivity contribution in [2.75, 3.05) is 0 Å². The van der Waals surface area contributed by atoms with Gasteiger partial charge < -0.3 is 0 Å². The third-order valence-electron chi connectivity index (χ3n) is 4.51. The van der Waals surface area contributed by atoms with Crippen LogP contribution in [0.3, 0.4) is 0 Å². The Morgan fingerprint density at radius 3 is 2.36 bits per heavy atom. The number of hydrogen-bond acceptors (Lipinski definition) is 5.